The second-order valence-corrected chi connectivity index (χ2v) is 5.59. The molecule has 0 unspecified atom stereocenters. The van der Waals surface area contributed by atoms with Gasteiger partial charge in [0.1, 0.15) is 0 Å². The van der Waals surface area contributed by atoms with Crippen LogP contribution in [0.1, 0.15) is 11.3 Å². The molecule has 17 heavy (non-hydrogen) atoms. The van der Waals surface area contributed by atoms with Crippen LogP contribution in [0.2, 0.25) is 0 Å². The molecule has 0 spiro atoms. The SMILES string of the molecule is O=S1(=O)c2ccccc2CN=Cc2cccn21. The molecule has 1 aromatic heterocycles. The van der Waals surface area contributed by atoms with Gasteiger partial charge in [-0.05, 0) is 23.8 Å². The maximum absolute atomic E-state index is 12.4. The van der Waals surface area contributed by atoms with E-state index in [1.807, 2.05) is 6.07 Å². The molecule has 4 nitrogen and oxygen atoms in total. The smallest absolute Gasteiger partial charge is 0.268 e. The Morgan fingerprint density at radius 2 is 1.94 bits per heavy atom. The fourth-order valence-corrected chi connectivity index (χ4v) is 3.47. The van der Waals surface area contributed by atoms with Crippen LogP contribution < -0.4 is 0 Å². The normalized spacial score (nSPS) is 16.7. The molecule has 3 rings (SSSR count). The van der Waals surface area contributed by atoms with Crippen molar-refractivity contribution in [2.45, 2.75) is 11.4 Å². The average molecular weight is 246 g/mol. The van der Waals surface area contributed by atoms with Crippen LogP contribution in [0.3, 0.4) is 0 Å². The van der Waals surface area contributed by atoms with Gasteiger partial charge in [-0.1, -0.05) is 18.2 Å². The summed E-state index contributed by atoms with van der Waals surface area (Å²) in [5, 5.41) is 0. The van der Waals surface area contributed by atoms with E-state index in [2.05, 4.69) is 4.99 Å². The lowest BCUT2D eigenvalue weighted by Crippen LogP contribution is -2.17. The number of rotatable bonds is 0. The second-order valence-electron chi connectivity index (χ2n) is 3.81. The summed E-state index contributed by atoms with van der Waals surface area (Å²) in [4.78, 5) is 4.57. The number of hydrogen-bond acceptors (Lipinski definition) is 3. The molecule has 2 heterocycles. The van der Waals surface area contributed by atoms with Crippen LogP contribution in [-0.4, -0.2) is 18.6 Å². The summed E-state index contributed by atoms with van der Waals surface area (Å²) >= 11 is 0. The van der Waals surface area contributed by atoms with Gasteiger partial charge in [0.2, 0.25) is 0 Å². The Hall–Kier alpha value is -1.88. The van der Waals surface area contributed by atoms with Crippen LogP contribution in [0.5, 0.6) is 0 Å². The maximum atomic E-state index is 12.4. The number of aromatic nitrogens is 1. The Bertz CT molecular complexity index is 699. The summed E-state index contributed by atoms with van der Waals surface area (Å²) in [6.45, 7) is 0.389. The summed E-state index contributed by atoms with van der Waals surface area (Å²) in [6, 6.07) is 10.4. The number of hydrogen-bond donors (Lipinski definition) is 0. The summed E-state index contributed by atoms with van der Waals surface area (Å²) in [5.41, 5.74) is 1.31. The van der Waals surface area contributed by atoms with Crippen molar-refractivity contribution in [1.29, 1.82) is 0 Å². The molecule has 0 bridgehead atoms. The van der Waals surface area contributed by atoms with Crippen LogP contribution in [-0.2, 0) is 16.6 Å². The molecule has 0 saturated heterocycles. The van der Waals surface area contributed by atoms with E-state index < -0.39 is 10.0 Å². The van der Waals surface area contributed by atoms with Gasteiger partial charge < -0.3 is 0 Å². The number of fused-ring (bicyclic) bond motifs is 2. The molecule has 0 saturated carbocycles. The van der Waals surface area contributed by atoms with Crippen molar-refractivity contribution in [1.82, 2.24) is 3.97 Å². The van der Waals surface area contributed by atoms with Crippen LogP contribution in [0, 0.1) is 0 Å². The molecule has 1 aromatic carbocycles. The highest BCUT2D eigenvalue weighted by atomic mass is 32.2. The van der Waals surface area contributed by atoms with E-state index in [1.165, 1.54) is 3.97 Å². The predicted octanol–water partition coefficient (Wildman–Crippen LogP) is 1.66. The van der Waals surface area contributed by atoms with E-state index in [0.717, 1.165) is 5.56 Å². The van der Waals surface area contributed by atoms with Gasteiger partial charge in [0.25, 0.3) is 10.0 Å². The van der Waals surface area contributed by atoms with Gasteiger partial charge in [0.05, 0.1) is 17.1 Å². The summed E-state index contributed by atoms with van der Waals surface area (Å²) in [5.74, 6) is 0. The standard InChI is InChI=1S/C12H10N2O2S/c15-17(16)12-6-2-1-4-10(12)8-13-9-11-5-3-7-14(11)17/h1-7,9H,8H2. The van der Waals surface area contributed by atoms with Crippen molar-refractivity contribution in [3.05, 3.63) is 53.9 Å². The molecule has 2 aromatic rings. The quantitative estimate of drug-likeness (QED) is 0.709. The third kappa shape index (κ3) is 1.51. The third-order valence-corrected chi connectivity index (χ3v) is 4.54. The van der Waals surface area contributed by atoms with Gasteiger partial charge >= 0.3 is 0 Å². The summed E-state index contributed by atoms with van der Waals surface area (Å²) < 4.78 is 26.1. The van der Waals surface area contributed by atoms with E-state index >= 15 is 0 Å². The third-order valence-electron chi connectivity index (χ3n) is 2.74. The molecule has 0 fully saturated rings. The zero-order valence-electron chi connectivity index (χ0n) is 8.95. The van der Waals surface area contributed by atoms with Gasteiger partial charge in [0, 0.05) is 12.4 Å². The molecule has 86 valence electrons. The van der Waals surface area contributed by atoms with Crippen molar-refractivity contribution in [2.75, 3.05) is 0 Å². The summed E-state index contributed by atoms with van der Waals surface area (Å²) in [7, 11) is -3.49. The highest BCUT2D eigenvalue weighted by Crippen LogP contribution is 2.22. The molecule has 0 N–H and O–H groups in total. The Morgan fingerprint density at radius 3 is 2.82 bits per heavy atom. The fourth-order valence-electron chi connectivity index (χ4n) is 1.93. The van der Waals surface area contributed by atoms with Crippen LogP contribution in [0.4, 0.5) is 0 Å². The minimum atomic E-state index is -3.49. The lowest BCUT2D eigenvalue weighted by atomic mass is 10.2. The summed E-state index contributed by atoms with van der Waals surface area (Å²) in [6.07, 6.45) is 3.13. The monoisotopic (exact) mass is 246 g/mol. The van der Waals surface area contributed by atoms with E-state index in [4.69, 9.17) is 0 Å². The predicted molar refractivity (Wildman–Crippen MR) is 64.8 cm³/mol. The van der Waals surface area contributed by atoms with Crippen molar-refractivity contribution < 1.29 is 8.42 Å². The first kappa shape index (κ1) is 10.3. The zero-order chi connectivity index (χ0) is 11.9. The molecule has 1 aliphatic heterocycles. The van der Waals surface area contributed by atoms with Crippen LogP contribution in [0.25, 0.3) is 0 Å². The number of aliphatic imine (C=N–C) groups is 1. The van der Waals surface area contributed by atoms with Crippen molar-refractivity contribution in [3.63, 3.8) is 0 Å². The first-order valence-electron chi connectivity index (χ1n) is 5.20. The van der Waals surface area contributed by atoms with Gasteiger partial charge in [-0.2, -0.15) is 0 Å². The Balaban J connectivity index is 2.37. The minimum absolute atomic E-state index is 0.328. The second kappa shape index (κ2) is 3.56. The van der Waals surface area contributed by atoms with Gasteiger partial charge in [-0.3, -0.25) is 4.99 Å². The molecular formula is C12H10N2O2S. The first-order chi connectivity index (χ1) is 8.19. The highest BCUT2D eigenvalue weighted by molar-refractivity contribution is 7.90. The Labute approximate surface area is 99.3 Å². The number of nitrogens with zero attached hydrogens (tertiary/aromatic N) is 2. The van der Waals surface area contributed by atoms with E-state index in [9.17, 15) is 8.42 Å². The van der Waals surface area contributed by atoms with E-state index in [-0.39, 0.29) is 0 Å². The van der Waals surface area contributed by atoms with Crippen molar-refractivity contribution in [2.24, 2.45) is 4.99 Å². The molecule has 0 atom stereocenters. The van der Waals surface area contributed by atoms with Crippen molar-refractivity contribution in [3.8, 4) is 0 Å². The van der Waals surface area contributed by atoms with Gasteiger partial charge in [-0.15, -0.1) is 0 Å². The van der Waals surface area contributed by atoms with Gasteiger partial charge in [-0.25, -0.2) is 12.4 Å². The Kier molecular flexibility index (Phi) is 2.16. The van der Waals surface area contributed by atoms with Crippen LogP contribution in [0.15, 0.2) is 52.5 Å². The molecule has 1 aliphatic rings. The molecule has 5 heteroatoms. The minimum Gasteiger partial charge on any atom is -0.286 e. The van der Waals surface area contributed by atoms with E-state index in [0.29, 0.717) is 17.1 Å². The van der Waals surface area contributed by atoms with Crippen molar-refractivity contribution >= 4 is 16.2 Å². The highest BCUT2D eigenvalue weighted by Gasteiger charge is 2.22. The van der Waals surface area contributed by atoms with Gasteiger partial charge in [0.15, 0.2) is 0 Å². The first-order valence-corrected chi connectivity index (χ1v) is 6.64. The molecule has 0 aliphatic carbocycles. The topological polar surface area (TPSA) is 51.4 Å². The van der Waals surface area contributed by atoms with Crippen LogP contribution >= 0.6 is 0 Å². The average Bonchev–Trinajstić information content (AvgIpc) is 2.77. The van der Waals surface area contributed by atoms with E-state index in [1.54, 1.807) is 42.7 Å². The Morgan fingerprint density at radius 1 is 1.12 bits per heavy atom. The molecular weight excluding hydrogens is 236 g/mol. The number of benzene rings is 1. The lowest BCUT2D eigenvalue weighted by Gasteiger charge is -2.13. The molecule has 0 radical (unpaired) electrons. The lowest BCUT2D eigenvalue weighted by molar-refractivity contribution is 0.585. The largest absolute Gasteiger partial charge is 0.286 e. The fraction of sp³-hybridized carbons (Fsp3) is 0.0833. The zero-order valence-corrected chi connectivity index (χ0v) is 9.76. The molecule has 0 amide bonds. The maximum Gasteiger partial charge on any atom is 0.268 e.